The van der Waals surface area contributed by atoms with Crippen molar-refractivity contribution in [2.45, 2.75) is 34.9 Å². The molecule has 5 rings (SSSR count). The van der Waals surface area contributed by atoms with E-state index in [1.807, 2.05) is 18.2 Å². The molecule has 3 heterocycles. The van der Waals surface area contributed by atoms with Gasteiger partial charge in [-0.15, -0.1) is 0 Å². The number of nitrogens with zero attached hydrogens (tertiary/aromatic N) is 2. The maximum absolute atomic E-state index is 13.4. The van der Waals surface area contributed by atoms with Crippen LogP contribution in [-0.4, -0.2) is 120 Å². The average molecular weight is 530 g/mol. The number of imide groups is 1. The first kappa shape index (κ1) is 28.5. The highest BCUT2D eigenvalue weighted by molar-refractivity contribution is 6.47. The van der Waals surface area contributed by atoms with Crippen molar-refractivity contribution in [3.05, 3.63) is 64.7 Å². The van der Waals surface area contributed by atoms with Gasteiger partial charge in [0.1, 0.15) is 34.5 Å². The first-order chi connectivity index (χ1) is 18.7. The number of carbonyl (C=O) groups excluding carboxylic acids is 3. The number of hydrogen-bond donors (Lipinski definition) is 4. The van der Waals surface area contributed by atoms with Crippen LogP contribution in [0.4, 0.5) is 5.69 Å². The van der Waals surface area contributed by atoms with Gasteiger partial charge >= 0.3 is 0 Å². The molecule has 4 N–H and O–H groups in total. The molecule has 15 heteroatoms. The SMILES string of the molecule is [B]C([B])(Nc1cccc2c1CN(C1([B])C(=O)NC(=O)C([B])(O)C1([B])O)C2=O)c1cccc(CN2CCOCC2)c1. The van der Waals surface area contributed by atoms with Crippen LogP contribution in [0.3, 0.4) is 0 Å². The Hall–Kier alpha value is -2.99. The van der Waals surface area contributed by atoms with Crippen molar-refractivity contribution >= 4 is 62.6 Å². The molecule has 0 aliphatic carbocycles. The van der Waals surface area contributed by atoms with E-state index in [0.717, 1.165) is 23.6 Å². The number of fused-ring (bicyclic) bond motifs is 1. The standard InChI is InChI=1S/C25H23B5N4O6/c26-22(20(36)31-21(37)23(27,38)25(22,30)39)34-13-17-16(19(34)35)5-2-6-18(17)32-24(28,29)15-4-1-3-14(11-15)12-33-7-9-40-10-8-33/h1-6,11,32,38-39H,7-10,12-13H2,(H,31,36,37). The Morgan fingerprint density at radius 1 is 1.00 bits per heavy atom. The fourth-order valence-electron chi connectivity index (χ4n) is 5.23. The third-order valence-electron chi connectivity index (χ3n) is 7.73. The van der Waals surface area contributed by atoms with Gasteiger partial charge in [0.15, 0.2) is 0 Å². The molecule has 10 nitrogen and oxygen atoms in total. The van der Waals surface area contributed by atoms with Gasteiger partial charge in [0.25, 0.3) is 11.8 Å². The van der Waals surface area contributed by atoms with E-state index >= 15 is 0 Å². The average Bonchev–Trinajstić information content (AvgIpc) is 3.25. The van der Waals surface area contributed by atoms with Crippen molar-refractivity contribution < 1.29 is 29.3 Å². The van der Waals surface area contributed by atoms with E-state index in [-0.39, 0.29) is 12.1 Å². The van der Waals surface area contributed by atoms with Gasteiger partial charge in [-0.3, -0.25) is 24.6 Å². The van der Waals surface area contributed by atoms with E-state index in [4.69, 9.17) is 44.0 Å². The number of benzene rings is 2. The molecule has 3 atom stereocenters. The van der Waals surface area contributed by atoms with Gasteiger partial charge in [0, 0.05) is 43.0 Å². The maximum Gasteiger partial charge on any atom is 0.254 e. The summed E-state index contributed by atoms with van der Waals surface area (Å²) in [5.41, 5.74) is -6.91. The minimum Gasteiger partial charge on any atom is -0.395 e. The van der Waals surface area contributed by atoms with Crippen molar-refractivity contribution in [2.75, 3.05) is 31.6 Å². The molecule has 0 saturated carbocycles. The monoisotopic (exact) mass is 530 g/mol. The van der Waals surface area contributed by atoms with E-state index in [2.05, 4.69) is 10.2 Å². The molecule has 3 aliphatic heterocycles. The molecule has 194 valence electrons. The minimum atomic E-state index is -3.25. The molecule has 40 heavy (non-hydrogen) atoms. The molecule has 0 bridgehead atoms. The lowest BCUT2D eigenvalue weighted by atomic mass is 9.43. The quantitative estimate of drug-likeness (QED) is 0.234. The van der Waals surface area contributed by atoms with Crippen LogP contribution in [0.2, 0.25) is 0 Å². The molecule has 2 aromatic rings. The summed E-state index contributed by atoms with van der Waals surface area (Å²) in [7, 11) is 30.6. The van der Waals surface area contributed by atoms with E-state index in [9.17, 15) is 24.6 Å². The molecule has 2 saturated heterocycles. The number of hydrogen-bond acceptors (Lipinski definition) is 8. The normalized spacial score (nSPS) is 29.2. The Labute approximate surface area is 238 Å². The second-order valence-corrected chi connectivity index (χ2v) is 10.4. The number of aliphatic hydroxyl groups is 2. The van der Waals surface area contributed by atoms with Gasteiger partial charge in [-0.1, -0.05) is 30.3 Å². The van der Waals surface area contributed by atoms with E-state index < -0.39 is 39.5 Å². The third-order valence-corrected chi connectivity index (χ3v) is 7.73. The number of nitrogens with one attached hydrogen (secondary N) is 2. The van der Waals surface area contributed by atoms with Gasteiger partial charge in [-0.25, -0.2) is 0 Å². The number of morpholine rings is 1. The molecule has 3 amide bonds. The number of carbonyl (C=O) groups is 3. The van der Waals surface area contributed by atoms with Gasteiger partial charge < -0.3 is 25.2 Å². The lowest BCUT2D eigenvalue weighted by molar-refractivity contribution is -0.172. The molecular weight excluding hydrogens is 506 g/mol. The fourth-order valence-corrected chi connectivity index (χ4v) is 5.23. The second kappa shape index (κ2) is 9.83. The van der Waals surface area contributed by atoms with Gasteiger partial charge in [-0.2, -0.15) is 0 Å². The summed E-state index contributed by atoms with van der Waals surface area (Å²) < 4.78 is 5.41. The predicted molar refractivity (Wildman–Crippen MR) is 149 cm³/mol. The van der Waals surface area contributed by atoms with E-state index in [1.54, 1.807) is 23.5 Å². The van der Waals surface area contributed by atoms with Crippen LogP contribution < -0.4 is 10.6 Å². The molecule has 2 aromatic carbocycles. The Morgan fingerprint density at radius 2 is 1.68 bits per heavy atom. The highest BCUT2D eigenvalue weighted by Crippen LogP contribution is 2.42. The lowest BCUT2D eigenvalue weighted by Crippen LogP contribution is -2.86. The molecule has 0 aromatic heterocycles. The van der Waals surface area contributed by atoms with Crippen molar-refractivity contribution in [3.63, 3.8) is 0 Å². The number of piperidine rings is 1. The first-order valence-electron chi connectivity index (χ1n) is 12.6. The number of rotatable bonds is 6. The van der Waals surface area contributed by atoms with Crippen LogP contribution in [0.5, 0.6) is 0 Å². The van der Waals surface area contributed by atoms with Crippen molar-refractivity contribution in [1.82, 2.24) is 15.1 Å². The van der Waals surface area contributed by atoms with E-state index in [0.29, 0.717) is 36.6 Å². The first-order valence-corrected chi connectivity index (χ1v) is 12.6. The van der Waals surface area contributed by atoms with Crippen molar-refractivity contribution in [1.29, 1.82) is 0 Å². The van der Waals surface area contributed by atoms with Crippen molar-refractivity contribution in [3.8, 4) is 0 Å². The predicted octanol–water partition coefficient (Wildman–Crippen LogP) is -2.73. The highest BCUT2D eigenvalue weighted by atomic mass is 16.5. The summed E-state index contributed by atoms with van der Waals surface area (Å²) >= 11 is 0. The number of amides is 3. The third kappa shape index (κ3) is 4.39. The van der Waals surface area contributed by atoms with Crippen LogP contribution in [0.15, 0.2) is 42.5 Å². The Balaban J connectivity index is 1.43. The molecule has 0 spiro atoms. The molecule has 2 fully saturated rings. The molecule has 3 unspecified atom stereocenters. The molecule has 3 aliphatic rings. The minimum absolute atomic E-state index is 0.104. The van der Waals surface area contributed by atoms with Crippen LogP contribution in [-0.2, 0) is 32.8 Å². The van der Waals surface area contributed by atoms with Gasteiger partial charge in [0.2, 0.25) is 5.91 Å². The topological polar surface area (TPSA) is 131 Å². The van der Waals surface area contributed by atoms with Crippen molar-refractivity contribution in [2.24, 2.45) is 0 Å². The molecule has 10 radical (unpaired) electrons. The summed E-state index contributed by atoms with van der Waals surface area (Å²) in [6, 6.07) is 12.1. The summed E-state index contributed by atoms with van der Waals surface area (Å²) in [6.45, 7) is 3.29. The Bertz CT molecular complexity index is 1380. The zero-order chi connectivity index (χ0) is 29.1. The zero-order valence-corrected chi connectivity index (χ0v) is 21.6. The zero-order valence-electron chi connectivity index (χ0n) is 21.6. The Morgan fingerprint density at radius 3 is 2.38 bits per heavy atom. The van der Waals surface area contributed by atoms with Crippen LogP contribution in [0.1, 0.15) is 27.0 Å². The maximum atomic E-state index is 13.4. The van der Waals surface area contributed by atoms with Crippen LogP contribution >= 0.6 is 0 Å². The van der Waals surface area contributed by atoms with Gasteiger partial charge in [0.05, 0.1) is 34.4 Å². The smallest absolute Gasteiger partial charge is 0.254 e. The summed E-state index contributed by atoms with van der Waals surface area (Å²) in [5.74, 6) is -3.60. The fraction of sp³-hybridized carbons (Fsp3) is 0.400. The van der Waals surface area contributed by atoms with E-state index in [1.165, 1.54) is 6.07 Å². The number of anilines is 1. The summed E-state index contributed by atoms with van der Waals surface area (Å²) in [4.78, 5) is 41.4. The van der Waals surface area contributed by atoms with Crippen LogP contribution in [0.25, 0.3) is 0 Å². The number of ether oxygens (including phenoxy) is 1. The van der Waals surface area contributed by atoms with Gasteiger partial charge in [-0.05, 0) is 28.6 Å². The Kier molecular flexibility index (Phi) is 7.02. The highest BCUT2D eigenvalue weighted by Gasteiger charge is 2.67. The summed E-state index contributed by atoms with van der Waals surface area (Å²) in [6.07, 6.45) is 0. The second-order valence-electron chi connectivity index (χ2n) is 10.4. The lowest BCUT2D eigenvalue weighted by Gasteiger charge is -2.56. The molecular formula is C25H23B5N4O6. The summed E-state index contributed by atoms with van der Waals surface area (Å²) in [5, 5.41) is 24.6. The van der Waals surface area contributed by atoms with Crippen LogP contribution in [0, 0.1) is 0 Å². The largest absolute Gasteiger partial charge is 0.395 e.